The number of carbonyl (C=O) groups is 1. The lowest BCUT2D eigenvalue weighted by molar-refractivity contribution is -0.137. The summed E-state index contributed by atoms with van der Waals surface area (Å²) in [5, 5.41) is 3.49. The number of benzene rings is 1. The summed E-state index contributed by atoms with van der Waals surface area (Å²) in [4.78, 5) is 19.0. The Morgan fingerprint density at radius 1 is 1.23 bits per heavy atom. The first-order chi connectivity index (χ1) is 14.1. The first-order valence-corrected chi connectivity index (χ1v) is 9.90. The molecule has 0 radical (unpaired) electrons. The molecule has 0 saturated carbocycles. The van der Waals surface area contributed by atoms with Crippen molar-refractivity contribution in [2.45, 2.75) is 43.9 Å². The van der Waals surface area contributed by atoms with Gasteiger partial charge in [0.05, 0.1) is 24.4 Å². The molecule has 1 aromatic heterocycles. The van der Waals surface area contributed by atoms with Crippen LogP contribution in [-0.2, 0) is 11.0 Å². The topological polar surface area (TPSA) is 54.5 Å². The molecule has 2 fully saturated rings. The third-order valence-corrected chi connectivity index (χ3v) is 6.11. The fourth-order valence-electron chi connectivity index (χ4n) is 4.52. The first kappa shape index (κ1) is 20.7. The van der Waals surface area contributed by atoms with Crippen LogP contribution >= 0.6 is 0 Å². The minimum Gasteiger partial charge on any atom is -0.496 e. The summed E-state index contributed by atoms with van der Waals surface area (Å²) in [6.45, 7) is 2.58. The van der Waals surface area contributed by atoms with Crippen molar-refractivity contribution in [3.05, 3.63) is 47.3 Å². The molecule has 5 nitrogen and oxygen atoms in total. The number of hydrogen-bond acceptors (Lipinski definition) is 4. The average Bonchev–Trinajstić information content (AvgIpc) is 3.26. The lowest BCUT2D eigenvalue weighted by atomic mass is 9.96. The molecule has 4 rings (SSSR count). The molecule has 8 heteroatoms. The molecule has 3 heterocycles. The number of halogens is 3. The van der Waals surface area contributed by atoms with E-state index in [1.54, 1.807) is 4.90 Å². The Hall–Kier alpha value is -2.61. The maximum atomic E-state index is 13.1. The van der Waals surface area contributed by atoms with Gasteiger partial charge in [-0.3, -0.25) is 15.1 Å². The summed E-state index contributed by atoms with van der Waals surface area (Å²) in [5.41, 5.74) is 1.56. The third-order valence-electron chi connectivity index (χ3n) is 6.11. The number of alkyl halides is 3. The second kappa shape index (κ2) is 7.27. The molecule has 1 spiro atoms. The fourth-order valence-corrected chi connectivity index (χ4v) is 4.52. The number of methoxy groups -OCH3 is 1. The van der Waals surface area contributed by atoms with Crippen LogP contribution in [-0.4, -0.2) is 42.0 Å². The van der Waals surface area contributed by atoms with Crippen molar-refractivity contribution in [2.75, 3.05) is 20.7 Å². The number of amides is 1. The number of likely N-dealkylation sites (tertiary alicyclic amines) is 1. The van der Waals surface area contributed by atoms with Crippen LogP contribution in [0.15, 0.2) is 30.3 Å². The van der Waals surface area contributed by atoms with Gasteiger partial charge < -0.3 is 9.64 Å². The van der Waals surface area contributed by atoms with Gasteiger partial charge in [0.2, 0.25) is 5.91 Å². The van der Waals surface area contributed by atoms with Crippen molar-refractivity contribution < 1.29 is 22.7 Å². The Labute approximate surface area is 173 Å². The molecule has 30 heavy (non-hydrogen) atoms. The minimum atomic E-state index is -4.44. The Morgan fingerprint density at radius 3 is 2.63 bits per heavy atom. The van der Waals surface area contributed by atoms with E-state index < -0.39 is 17.3 Å². The van der Waals surface area contributed by atoms with Crippen LogP contribution < -0.4 is 10.1 Å². The molecular weight excluding hydrogens is 395 g/mol. The molecule has 1 amide bonds. The number of aromatic nitrogens is 1. The van der Waals surface area contributed by atoms with Crippen LogP contribution in [0.25, 0.3) is 11.1 Å². The van der Waals surface area contributed by atoms with Gasteiger partial charge in [-0.05, 0) is 56.0 Å². The van der Waals surface area contributed by atoms with Crippen LogP contribution in [0.2, 0.25) is 0 Å². The Bertz CT molecular complexity index is 992. The number of hydrogen-bond donors (Lipinski definition) is 1. The highest BCUT2D eigenvalue weighted by Crippen LogP contribution is 2.41. The zero-order chi connectivity index (χ0) is 21.7. The van der Waals surface area contributed by atoms with E-state index in [9.17, 15) is 18.0 Å². The highest BCUT2D eigenvalue weighted by molar-refractivity contribution is 5.88. The van der Waals surface area contributed by atoms with Crippen molar-refractivity contribution in [2.24, 2.45) is 0 Å². The lowest BCUT2D eigenvalue weighted by Crippen LogP contribution is -2.47. The summed E-state index contributed by atoms with van der Waals surface area (Å²) in [6.07, 6.45) is -2.15. The van der Waals surface area contributed by atoms with Gasteiger partial charge in [-0.1, -0.05) is 6.07 Å². The van der Waals surface area contributed by atoms with Gasteiger partial charge in [0, 0.05) is 24.8 Å². The molecule has 0 bridgehead atoms. The summed E-state index contributed by atoms with van der Waals surface area (Å²) in [5.74, 6) is 0.270. The number of pyridine rings is 1. The van der Waals surface area contributed by atoms with Crippen LogP contribution in [0.5, 0.6) is 5.75 Å². The fraction of sp³-hybridized carbons (Fsp3) is 0.455. The van der Waals surface area contributed by atoms with E-state index in [1.165, 1.54) is 13.2 Å². The van der Waals surface area contributed by atoms with Gasteiger partial charge in [-0.25, -0.2) is 0 Å². The first-order valence-electron chi connectivity index (χ1n) is 9.90. The van der Waals surface area contributed by atoms with Crippen molar-refractivity contribution in [3.8, 4) is 16.9 Å². The minimum absolute atomic E-state index is 0.0838. The van der Waals surface area contributed by atoms with Gasteiger partial charge in [0.1, 0.15) is 11.3 Å². The number of ether oxygens (including phenoxy) is 1. The van der Waals surface area contributed by atoms with E-state index in [-0.39, 0.29) is 17.7 Å². The largest absolute Gasteiger partial charge is 0.496 e. The van der Waals surface area contributed by atoms with E-state index in [0.29, 0.717) is 5.56 Å². The highest BCUT2D eigenvalue weighted by Gasteiger charge is 2.50. The predicted octanol–water partition coefficient (Wildman–Crippen LogP) is 4.11. The number of rotatable bonds is 3. The zero-order valence-corrected chi connectivity index (χ0v) is 17.1. The standard InChI is InChI=1S/C22H24F3N3O2/c1-13-10-14(16-5-4-15(22(23,24)25)12-19(16)30-3)11-18(26-13)17-6-7-21(27-17)8-9-28(2)20(21)29/h4-5,10-12,17,27H,6-9H2,1-3H3/t17-,21-/m0/s1. The molecule has 0 aliphatic carbocycles. The quantitative estimate of drug-likeness (QED) is 0.814. The third kappa shape index (κ3) is 3.53. The second-order valence-corrected chi connectivity index (χ2v) is 8.13. The summed E-state index contributed by atoms with van der Waals surface area (Å²) in [6, 6.07) is 7.12. The monoisotopic (exact) mass is 419 g/mol. The van der Waals surface area contributed by atoms with Crippen molar-refractivity contribution in [3.63, 3.8) is 0 Å². The predicted molar refractivity (Wildman–Crippen MR) is 106 cm³/mol. The Morgan fingerprint density at radius 2 is 2.00 bits per heavy atom. The van der Waals surface area contributed by atoms with Crippen molar-refractivity contribution >= 4 is 5.91 Å². The van der Waals surface area contributed by atoms with E-state index in [0.717, 1.165) is 54.9 Å². The van der Waals surface area contributed by atoms with Crippen LogP contribution in [0.1, 0.15) is 42.3 Å². The maximum absolute atomic E-state index is 13.1. The number of aryl methyl sites for hydroxylation is 1. The summed E-state index contributed by atoms with van der Waals surface area (Å²) in [7, 11) is 3.17. The van der Waals surface area contributed by atoms with Crippen LogP contribution in [0.4, 0.5) is 13.2 Å². The zero-order valence-electron chi connectivity index (χ0n) is 17.1. The SMILES string of the molecule is COc1cc(C(F)(F)F)ccc1-c1cc(C)nc([C@@H]2CC[C@@]3(CCN(C)C3=O)N2)c1. The smallest absolute Gasteiger partial charge is 0.416 e. The van der Waals surface area contributed by atoms with E-state index in [1.807, 2.05) is 26.1 Å². The summed E-state index contributed by atoms with van der Waals surface area (Å²) < 4.78 is 44.5. The van der Waals surface area contributed by atoms with Crippen LogP contribution in [0.3, 0.4) is 0 Å². The molecule has 2 atom stereocenters. The number of likely N-dealkylation sites (N-methyl/N-ethyl adjacent to an activating group) is 1. The molecule has 2 saturated heterocycles. The molecule has 2 aromatic rings. The van der Waals surface area contributed by atoms with Crippen molar-refractivity contribution in [1.82, 2.24) is 15.2 Å². The highest BCUT2D eigenvalue weighted by atomic mass is 19.4. The molecule has 0 unspecified atom stereocenters. The average molecular weight is 419 g/mol. The molecule has 1 aromatic carbocycles. The normalized spacial score (nSPS) is 24.1. The summed E-state index contributed by atoms with van der Waals surface area (Å²) >= 11 is 0. The van der Waals surface area contributed by atoms with Crippen LogP contribution in [0, 0.1) is 6.92 Å². The van der Waals surface area contributed by atoms with E-state index in [2.05, 4.69) is 10.3 Å². The molecule has 1 N–H and O–H groups in total. The number of carbonyl (C=O) groups excluding carboxylic acids is 1. The van der Waals surface area contributed by atoms with E-state index in [4.69, 9.17) is 4.74 Å². The van der Waals surface area contributed by atoms with Gasteiger partial charge in [0.25, 0.3) is 0 Å². The molecule has 160 valence electrons. The van der Waals surface area contributed by atoms with Gasteiger partial charge >= 0.3 is 6.18 Å². The second-order valence-electron chi connectivity index (χ2n) is 8.13. The van der Waals surface area contributed by atoms with Gasteiger partial charge in [-0.15, -0.1) is 0 Å². The number of nitrogens with one attached hydrogen (secondary N) is 1. The lowest BCUT2D eigenvalue weighted by Gasteiger charge is -2.23. The maximum Gasteiger partial charge on any atom is 0.416 e. The van der Waals surface area contributed by atoms with E-state index >= 15 is 0 Å². The number of nitrogens with zero attached hydrogens (tertiary/aromatic N) is 2. The Balaban J connectivity index is 1.68. The molecule has 2 aliphatic rings. The van der Waals surface area contributed by atoms with Crippen molar-refractivity contribution in [1.29, 1.82) is 0 Å². The Kier molecular flexibility index (Phi) is 5.00. The van der Waals surface area contributed by atoms with Gasteiger partial charge in [0.15, 0.2) is 0 Å². The molecule has 2 aliphatic heterocycles. The molecular formula is C22H24F3N3O2. The van der Waals surface area contributed by atoms with Gasteiger partial charge in [-0.2, -0.15) is 13.2 Å².